The number of aromatic nitrogens is 2. The summed E-state index contributed by atoms with van der Waals surface area (Å²) in [6, 6.07) is 20.1. The smallest absolute Gasteiger partial charge is 0.439 e. The van der Waals surface area contributed by atoms with Gasteiger partial charge in [-0.2, -0.15) is 0 Å². The van der Waals surface area contributed by atoms with Crippen LogP contribution in [0.1, 0.15) is 15.9 Å². The highest BCUT2D eigenvalue weighted by Gasteiger charge is 2.13. The third-order valence-corrected chi connectivity index (χ3v) is 4.68. The monoisotopic (exact) mass is 402 g/mol. The quantitative estimate of drug-likeness (QED) is 0.362. The van der Waals surface area contributed by atoms with Gasteiger partial charge in [-0.1, -0.05) is 59.8 Å². The Hall–Kier alpha value is -4.33. The summed E-state index contributed by atoms with van der Waals surface area (Å²) in [6.07, 6.45) is 0. The van der Waals surface area contributed by atoms with Crippen LogP contribution in [0.3, 0.4) is 0 Å². The molecule has 1 heterocycles. The number of rotatable bonds is 6. The fourth-order valence-corrected chi connectivity index (χ4v) is 3.23. The molecule has 8 heteroatoms. The number of hydrogen-bond donors (Lipinski definition) is 4. The van der Waals surface area contributed by atoms with Crippen LogP contribution in [-0.2, 0) is 6.54 Å². The van der Waals surface area contributed by atoms with E-state index in [4.69, 9.17) is 5.73 Å². The number of carboxylic acids is 1. The molecule has 0 unspecified atom stereocenters. The summed E-state index contributed by atoms with van der Waals surface area (Å²) in [7, 11) is 0. The molecule has 4 aromatic rings. The van der Waals surface area contributed by atoms with Crippen molar-refractivity contribution in [3.63, 3.8) is 0 Å². The third kappa shape index (κ3) is 3.79. The summed E-state index contributed by atoms with van der Waals surface area (Å²) in [6.45, 7) is 0.410. The van der Waals surface area contributed by atoms with Crippen LogP contribution in [0.15, 0.2) is 76.0 Å². The topological polar surface area (TPSA) is 134 Å². The molecule has 0 aliphatic heterocycles. The molecule has 0 spiro atoms. The van der Waals surface area contributed by atoms with E-state index < -0.39 is 11.7 Å². The van der Waals surface area contributed by atoms with E-state index in [-0.39, 0.29) is 5.56 Å². The molecular weight excluding hydrogens is 384 g/mol. The van der Waals surface area contributed by atoms with Crippen molar-refractivity contribution in [2.45, 2.75) is 6.54 Å². The average molecular weight is 402 g/mol. The van der Waals surface area contributed by atoms with Crippen LogP contribution in [0.4, 0.5) is 11.4 Å². The number of nitrogens with two attached hydrogens (primary N) is 1. The van der Waals surface area contributed by atoms with Crippen molar-refractivity contribution in [1.29, 1.82) is 0 Å². The highest BCUT2D eigenvalue weighted by Crippen LogP contribution is 2.30. The van der Waals surface area contributed by atoms with E-state index >= 15 is 0 Å². The first-order chi connectivity index (χ1) is 14.5. The summed E-state index contributed by atoms with van der Waals surface area (Å²) in [5.74, 6) is -1.29. The Bertz CT molecular complexity index is 1260. The van der Waals surface area contributed by atoms with Gasteiger partial charge in [-0.25, -0.2) is 9.59 Å². The fraction of sp³-hybridized carbons (Fsp3) is 0.0455. The van der Waals surface area contributed by atoms with E-state index in [1.807, 2.05) is 48.5 Å². The standard InChI is InChI=1S/C22H18N4O4/c23-18-7-3-6-17(21(27)28)19(18)24-12-13-8-10-14(11-9-13)15-4-1-2-5-16(15)20-25-22(29)30-26-20/h1-11,24H,12,23H2,(H,27,28)(H,25,26,29). The second-order valence-electron chi connectivity index (χ2n) is 6.61. The Kier molecular flexibility index (Phi) is 5.04. The second kappa shape index (κ2) is 7.96. The number of para-hydroxylation sites is 1. The number of hydrogen-bond acceptors (Lipinski definition) is 6. The first-order valence-corrected chi connectivity index (χ1v) is 9.13. The van der Waals surface area contributed by atoms with E-state index in [2.05, 4.69) is 20.0 Å². The van der Waals surface area contributed by atoms with Crippen molar-refractivity contribution >= 4 is 17.3 Å². The SMILES string of the molecule is Nc1cccc(C(=O)O)c1NCc1ccc(-c2ccccc2-c2noc(=O)[nH]2)cc1. The maximum Gasteiger partial charge on any atom is 0.439 e. The molecule has 8 nitrogen and oxygen atoms in total. The van der Waals surface area contributed by atoms with Gasteiger partial charge >= 0.3 is 11.7 Å². The number of nitrogen functional groups attached to an aromatic ring is 1. The number of benzene rings is 3. The van der Waals surface area contributed by atoms with E-state index in [1.54, 1.807) is 12.1 Å². The molecule has 1 aromatic heterocycles. The van der Waals surface area contributed by atoms with Gasteiger partial charge in [-0.3, -0.25) is 9.51 Å². The highest BCUT2D eigenvalue weighted by atomic mass is 16.5. The van der Waals surface area contributed by atoms with Crippen molar-refractivity contribution in [3.05, 3.63) is 88.4 Å². The van der Waals surface area contributed by atoms with Gasteiger partial charge in [0.05, 0.1) is 16.9 Å². The molecule has 0 fully saturated rings. The molecule has 0 radical (unpaired) electrons. The zero-order valence-corrected chi connectivity index (χ0v) is 15.8. The van der Waals surface area contributed by atoms with Gasteiger partial charge in [0.15, 0.2) is 5.82 Å². The maximum absolute atomic E-state index is 11.4. The number of carboxylic acid groups (broad SMARTS) is 1. The third-order valence-electron chi connectivity index (χ3n) is 4.68. The molecule has 5 N–H and O–H groups in total. The molecule has 3 aromatic carbocycles. The molecule has 0 saturated heterocycles. The molecular formula is C22H18N4O4. The Morgan fingerprint density at radius 2 is 1.77 bits per heavy atom. The van der Waals surface area contributed by atoms with Gasteiger partial charge in [0.1, 0.15) is 0 Å². The normalized spacial score (nSPS) is 10.7. The lowest BCUT2D eigenvalue weighted by atomic mass is 9.98. The summed E-state index contributed by atoms with van der Waals surface area (Å²) >= 11 is 0. The van der Waals surface area contributed by atoms with E-state index in [9.17, 15) is 14.7 Å². The zero-order valence-electron chi connectivity index (χ0n) is 15.8. The zero-order chi connectivity index (χ0) is 21.1. The number of nitrogens with zero attached hydrogens (tertiary/aromatic N) is 1. The number of H-pyrrole nitrogens is 1. The molecule has 0 atom stereocenters. The molecule has 0 saturated carbocycles. The summed E-state index contributed by atoms with van der Waals surface area (Å²) in [4.78, 5) is 25.3. The molecule has 0 aliphatic rings. The summed E-state index contributed by atoms with van der Waals surface area (Å²) in [5, 5.41) is 16.2. The summed E-state index contributed by atoms with van der Waals surface area (Å²) in [5.41, 5.74) is 10.4. The molecule has 150 valence electrons. The van der Waals surface area contributed by atoms with E-state index in [0.717, 1.165) is 22.3 Å². The minimum atomic E-state index is -1.04. The van der Waals surface area contributed by atoms with Crippen LogP contribution in [0.2, 0.25) is 0 Å². The van der Waals surface area contributed by atoms with Crippen LogP contribution in [0.25, 0.3) is 22.5 Å². The Balaban J connectivity index is 1.57. The first-order valence-electron chi connectivity index (χ1n) is 9.13. The van der Waals surface area contributed by atoms with Crippen LogP contribution in [0, 0.1) is 0 Å². The average Bonchev–Trinajstić information content (AvgIpc) is 3.19. The molecule has 0 bridgehead atoms. The van der Waals surface area contributed by atoms with Crippen molar-refractivity contribution < 1.29 is 14.4 Å². The minimum absolute atomic E-state index is 0.127. The first kappa shape index (κ1) is 19.0. The predicted octanol–water partition coefficient (Wildman–Crippen LogP) is 3.59. The Labute approximate surface area is 171 Å². The molecule has 4 rings (SSSR count). The van der Waals surface area contributed by atoms with Crippen LogP contribution >= 0.6 is 0 Å². The summed E-state index contributed by atoms with van der Waals surface area (Å²) < 4.78 is 4.62. The largest absolute Gasteiger partial charge is 0.478 e. The minimum Gasteiger partial charge on any atom is -0.478 e. The number of aromatic amines is 1. The Morgan fingerprint density at radius 3 is 2.43 bits per heavy atom. The van der Waals surface area contributed by atoms with Crippen LogP contribution in [0.5, 0.6) is 0 Å². The number of anilines is 2. The van der Waals surface area contributed by atoms with Gasteiger partial charge in [0.25, 0.3) is 0 Å². The van der Waals surface area contributed by atoms with Gasteiger partial charge in [0.2, 0.25) is 0 Å². The van der Waals surface area contributed by atoms with Gasteiger partial charge < -0.3 is 16.2 Å². The highest BCUT2D eigenvalue weighted by molar-refractivity contribution is 5.97. The van der Waals surface area contributed by atoms with Gasteiger partial charge in [0, 0.05) is 12.1 Å². The fourth-order valence-electron chi connectivity index (χ4n) is 3.23. The van der Waals surface area contributed by atoms with Crippen molar-refractivity contribution in [3.8, 4) is 22.5 Å². The van der Waals surface area contributed by atoms with Gasteiger partial charge in [-0.05, 0) is 28.8 Å². The predicted molar refractivity (Wildman–Crippen MR) is 113 cm³/mol. The molecule has 30 heavy (non-hydrogen) atoms. The van der Waals surface area contributed by atoms with E-state index in [0.29, 0.717) is 23.7 Å². The number of nitrogens with one attached hydrogen (secondary N) is 2. The second-order valence-corrected chi connectivity index (χ2v) is 6.61. The lowest BCUT2D eigenvalue weighted by molar-refractivity contribution is 0.0698. The lowest BCUT2D eigenvalue weighted by Gasteiger charge is -2.13. The van der Waals surface area contributed by atoms with Crippen molar-refractivity contribution in [2.24, 2.45) is 0 Å². The Morgan fingerprint density at radius 1 is 1.03 bits per heavy atom. The van der Waals surface area contributed by atoms with Crippen molar-refractivity contribution in [1.82, 2.24) is 10.1 Å². The molecule has 0 aliphatic carbocycles. The van der Waals surface area contributed by atoms with Gasteiger partial charge in [-0.15, -0.1) is 0 Å². The number of aromatic carboxylic acids is 1. The maximum atomic E-state index is 11.4. The number of carbonyl (C=O) groups is 1. The van der Waals surface area contributed by atoms with Crippen LogP contribution in [-0.4, -0.2) is 21.2 Å². The van der Waals surface area contributed by atoms with Crippen molar-refractivity contribution in [2.75, 3.05) is 11.1 Å². The lowest BCUT2D eigenvalue weighted by Crippen LogP contribution is -2.09. The van der Waals surface area contributed by atoms with E-state index in [1.165, 1.54) is 6.07 Å². The van der Waals surface area contributed by atoms with Crippen LogP contribution < -0.4 is 16.8 Å². The molecule has 0 amide bonds.